The molecule has 0 heterocycles. The van der Waals surface area contributed by atoms with Crippen molar-refractivity contribution in [1.29, 1.82) is 0 Å². The number of aliphatic carboxylic acids is 1. The molecule has 0 fully saturated rings. The van der Waals surface area contributed by atoms with Gasteiger partial charge in [-0.2, -0.15) is 13.2 Å². The number of carboxylic acid groups (broad SMARTS) is 1. The smallest absolute Gasteiger partial charge is 0.548 e. The summed E-state index contributed by atoms with van der Waals surface area (Å²) in [5.41, 5.74) is -1.38. The van der Waals surface area contributed by atoms with Crippen molar-refractivity contribution >= 4 is 11.7 Å². The van der Waals surface area contributed by atoms with Gasteiger partial charge in [0.25, 0.3) is 0 Å². The Morgan fingerprint density at radius 2 is 1.52 bits per heavy atom. The van der Waals surface area contributed by atoms with Crippen LogP contribution in [0.15, 0.2) is 35.3 Å². The predicted octanol–water partition coefficient (Wildman–Crippen LogP) is 0.480. The quantitative estimate of drug-likeness (QED) is 0.584. The molecule has 0 aromatic heterocycles. The third kappa shape index (κ3) is 16.4. The second-order valence-corrected chi connectivity index (χ2v) is 4.63. The summed E-state index contributed by atoms with van der Waals surface area (Å²) in [5.74, 6) is -0.822. The van der Waals surface area contributed by atoms with Gasteiger partial charge >= 0.3 is 57.6 Å². The van der Waals surface area contributed by atoms with Crippen molar-refractivity contribution in [3.8, 4) is 0 Å². The average molecular weight is 357 g/mol. The van der Waals surface area contributed by atoms with Crippen LogP contribution < -0.4 is 56.5 Å². The largest absolute Gasteiger partial charge is 1.00 e. The fourth-order valence-electron chi connectivity index (χ4n) is 1.08. The van der Waals surface area contributed by atoms with Crippen LogP contribution in [0.4, 0.5) is 13.2 Å². The average Bonchev–Trinajstić information content (AvgIpc) is 2.40. The Morgan fingerprint density at radius 3 is 1.83 bits per heavy atom. The summed E-state index contributed by atoms with van der Waals surface area (Å²) in [7, 11) is 0. The zero-order chi connectivity index (χ0) is 17.8. The van der Waals surface area contributed by atoms with Crippen molar-refractivity contribution in [2.75, 3.05) is 6.54 Å². The Balaban J connectivity index is -0.000000498. The number of carbonyl (C=O) groups is 1. The Kier molecular flexibility index (Phi) is 18.4. The fourth-order valence-corrected chi connectivity index (χ4v) is 1.08. The van der Waals surface area contributed by atoms with E-state index in [2.05, 4.69) is 25.8 Å². The van der Waals surface area contributed by atoms with E-state index in [1.165, 1.54) is 24.3 Å². The second kappa shape index (κ2) is 15.3. The number of benzene rings is 1. The molecule has 0 saturated carbocycles. The van der Waals surface area contributed by atoms with Gasteiger partial charge in [0.2, 0.25) is 0 Å². The Labute approximate surface area is 178 Å². The van der Waals surface area contributed by atoms with Gasteiger partial charge in [-0.1, -0.05) is 65.0 Å². The van der Waals surface area contributed by atoms with Crippen LogP contribution in [0.25, 0.3) is 0 Å². The maximum Gasteiger partial charge on any atom is 1.00 e. The summed E-state index contributed by atoms with van der Waals surface area (Å²) in [6.07, 6.45) is -4.68. The molecule has 3 nitrogen and oxygen atoms in total. The number of halogens is 3. The van der Waals surface area contributed by atoms with E-state index >= 15 is 0 Å². The first-order chi connectivity index (χ1) is 10.1. The molecule has 0 amide bonds. The molecule has 0 aliphatic rings. The number of hydrogen-bond donors (Lipinski definition) is 0. The molecule has 0 radical (unpaired) electrons. The van der Waals surface area contributed by atoms with Crippen molar-refractivity contribution < 1.29 is 74.5 Å². The molecule has 23 heavy (non-hydrogen) atoms. The van der Waals surface area contributed by atoms with Crippen molar-refractivity contribution in [2.24, 2.45) is 10.9 Å². The summed E-state index contributed by atoms with van der Waals surface area (Å²) in [4.78, 5) is 13.1. The normalized spacial score (nSPS) is 10.6. The minimum absolute atomic E-state index is 0. The molecule has 0 N–H and O–H groups in total. The van der Waals surface area contributed by atoms with Gasteiger partial charge in [-0.05, 0) is 5.92 Å². The second-order valence-electron chi connectivity index (χ2n) is 4.63. The molecule has 0 unspecified atom stereocenters. The first-order valence-electron chi connectivity index (χ1n) is 7.01. The maximum atomic E-state index is 12.5. The van der Waals surface area contributed by atoms with E-state index in [4.69, 9.17) is 0 Å². The third-order valence-electron chi connectivity index (χ3n) is 1.68. The monoisotopic (exact) mass is 357 g/mol. The van der Waals surface area contributed by atoms with E-state index in [0.29, 0.717) is 0 Å². The molecule has 0 aliphatic carbocycles. The van der Waals surface area contributed by atoms with Crippen LogP contribution in [0.1, 0.15) is 40.2 Å². The van der Waals surface area contributed by atoms with E-state index in [-0.39, 0.29) is 56.9 Å². The molecule has 0 aliphatic heterocycles. The number of aliphatic imine (C=N–C) groups is 1. The SMILES string of the molecule is CC.CC(C)C.O=C([O-])CN=C(c1ccccc1)C(F)(F)F.[K+]. The summed E-state index contributed by atoms with van der Waals surface area (Å²) in [6.45, 7) is 9.49. The number of carbonyl (C=O) groups excluding carboxylic acids is 1. The third-order valence-corrected chi connectivity index (χ3v) is 1.68. The number of carboxylic acids is 1. The van der Waals surface area contributed by atoms with E-state index in [9.17, 15) is 23.1 Å². The van der Waals surface area contributed by atoms with Crippen molar-refractivity contribution in [2.45, 2.75) is 40.8 Å². The van der Waals surface area contributed by atoms with Gasteiger partial charge in [0, 0.05) is 5.56 Å². The predicted molar refractivity (Wildman–Crippen MR) is 80.8 cm³/mol. The van der Waals surface area contributed by atoms with Crippen molar-refractivity contribution in [3.05, 3.63) is 35.9 Å². The minimum atomic E-state index is -4.68. The van der Waals surface area contributed by atoms with Gasteiger partial charge < -0.3 is 9.90 Å². The Morgan fingerprint density at radius 1 is 1.13 bits per heavy atom. The van der Waals surface area contributed by atoms with Crippen LogP contribution in [0.5, 0.6) is 0 Å². The Hall–Kier alpha value is -0.214. The summed E-state index contributed by atoms with van der Waals surface area (Å²) in [6, 6.07) is 6.80. The fraction of sp³-hybridized carbons (Fsp3) is 0.500. The molecule has 1 rings (SSSR count). The van der Waals surface area contributed by atoms with Crippen LogP contribution >= 0.6 is 0 Å². The number of hydrogen-bond acceptors (Lipinski definition) is 3. The van der Waals surface area contributed by atoms with Crippen LogP contribution in [-0.4, -0.2) is 24.4 Å². The molecular formula is C16H23F3KNO2. The van der Waals surface area contributed by atoms with Crippen molar-refractivity contribution in [1.82, 2.24) is 0 Å². The molecular weight excluding hydrogens is 334 g/mol. The van der Waals surface area contributed by atoms with Crippen LogP contribution in [0.2, 0.25) is 0 Å². The zero-order valence-electron chi connectivity index (χ0n) is 14.6. The van der Waals surface area contributed by atoms with Gasteiger partial charge in [0.1, 0.15) is 5.71 Å². The Bertz CT molecular complexity index is 444. The van der Waals surface area contributed by atoms with E-state index < -0.39 is 24.4 Å². The summed E-state index contributed by atoms with van der Waals surface area (Å²) in [5, 5.41) is 10.1. The molecule has 126 valence electrons. The number of alkyl halides is 3. The molecule has 7 heteroatoms. The minimum Gasteiger partial charge on any atom is -0.548 e. The molecule has 0 spiro atoms. The van der Waals surface area contributed by atoms with Gasteiger partial charge in [-0.25, -0.2) is 0 Å². The topological polar surface area (TPSA) is 52.5 Å². The first kappa shape index (κ1) is 27.6. The number of rotatable bonds is 3. The van der Waals surface area contributed by atoms with Gasteiger partial charge in [0.15, 0.2) is 0 Å². The summed E-state index contributed by atoms with van der Waals surface area (Å²) >= 11 is 0. The standard InChI is InChI=1S/C10H8F3NO2.C4H10.C2H6.K/c11-10(12,13)9(14-6-8(15)16)7-4-2-1-3-5-7;1-4(2)3;1-2;/h1-5H,6H2,(H,15,16);4H,1-3H3;1-2H3;/q;;;+1/p-1. The van der Waals surface area contributed by atoms with Crippen LogP contribution in [-0.2, 0) is 4.79 Å². The molecule has 1 aromatic carbocycles. The summed E-state index contributed by atoms with van der Waals surface area (Å²) < 4.78 is 37.5. The van der Waals surface area contributed by atoms with E-state index in [1.54, 1.807) is 6.07 Å². The molecule has 0 bridgehead atoms. The van der Waals surface area contributed by atoms with Crippen LogP contribution in [0, 0.1) is 5.92 Å². The van der Waals surface area contributed by atoms with Crippen molar-refractivity contribution in [3.63, 3.8) is 0 Å². The number of nitrogens with zero attached hydrogens (tertiary/aromatic N) is 1. The molecule has 0 saturated heterocycles. The van der Waals surface area contributed by atoms with Crippen LogP contribution in [0.3, 0.4) is 0 Å². The maximum absolute atomic E-state index is 12.5. The van der Waals surface area contributed by atoms with Gasteiger partial charge in [0.05, 0.1) is 12.5 Å². The first-order valence-corrected chi connectivity index (χ1v) is 7.01. The van der Waals surface area contributed by atoms with Gasteiger partial charge in [-0.3, -0.25) is 4.99 Å². The molecule has 0 atom stereocenters. The van der Waals surface area contributed by atoms with Gasteiger partial charge in [-0.15, -0.1) is 0 Å². The zero-order valence-corrected chi connectivity index (χ0v) is 17.7. The van der Waals surface area contributed by atoms with E-state index in [1.807, 2.05) is 13.8 Å². The van der Waals surface area contributed by atoms with E-state index in [0.717, 1.165) is 5.92 Å². The molecule has 1 aromatic rings.